The molecule has 0 aromatic rings. The Bertz CT molecular complexity index is 248. The Hall–Kier alpha value is -0.585. The van der Waals surface area contributed by atoms with E-state index in [4.69, 9.17) is 0 Å². The molecule has 1 unspecified atom stereocenters. The fourth-order valence-corrected chi connectivity index (χ4v) is 2.20. The third kappa shape index (κ3) is 3.20. The first kappa shape index (κ1) is 13.5. The van der Waals surface area contributed by atoms with Crippen molar-refractivity contribution < 1.29 is 14.8 Å². The normalized spacial score (nSPS) is 22.6. The second-order valence-electron chi connectivity index (χ2n) is 4.70. The Morgan fingerprint density at radius 1 is 1.44 bits per heavy atom. The lowest BCUT2D eigenvalue weighted by molar-refractivity contribution is -0.133. The van der Waals surface area contributed by atoms with Crippen molar-refractivity contribution in [3.63, 3.8) is 0 Å². The second kappa shape index (κ2) is 5.66. The highest BCUT2D eigenvalue weighted by molar-refractivity contribution is 6.43. The smallest absolute Gasteiger partial charge is 0.426 e. The van der Waals surface area contributed by atoms with E-state index in [-0.39, 0.29) is 18.0 Å². The lowest BCUT2D eigenvalue weighted by Crippen LogP contribution is -2.52. The lowest BCUT2D eigenvalue weighted by Gasteiger charge is -2.28. The van der Waals surface area contributed by atoms with E-state index in [0.29, 0.717) is 13.0 Å². The van der Waals surface area contributed by atoms with Crippen molar-refractivity contribution in [2.75, 3.05) is 6.54 Å². The van der Waals surface area contributed by atoms with Gasteiger partial charge in [-0.1, -0.05) is 13.8 Å². The molecule has 1 fully saturated rings. The van der Waals surface area contributed by atoms with E-state index in [9.17, 15) is 14.8 Å². The van der Waals surface area contributed by atoms with Crippen LogP contribution in [0.1, 0.15) is 33.6 Å². The minimum absolute atomic E-state index is 0.0516. The quantitative estimate of drug-likeness (QED) is 0.560. The summed E-state index contributed by atoms with van der Waals surface area (Å²) in [7, 11) is -1.43. The molecule has 0 aromatic carbocycles. The van der Waals surface area contributed by atoms with Crippen LogP contribution in [0, 0.1) is 0 Å². The molecule has 16 heavy (non-hydrogen) atoms. The van der Waals surface area contributed by atoms with Crippen LogP contribution < -0.4 is 5.32 Å². The predicted molar refractivity (Wildman–Crippen MR) is 62.7 cm³/mol. The van der Waals surface area contributed by atoms with Gasteiger partial charge in [-0.25, -0.2) is 0 Å². The number of likely N-dealkylation sites (tertiary alicyclic amines) is 1. The minimum Gasteiger partial charge on any atom is -0.426 e. The zero-order chi connectivity index (χ0) is 12.3. The van der Waals surface area contributed by atoms with Crippen molar-refractivity contribution in [3.8, 4) is 0 Å². The van der Waals surface area contributed by atoms with E-state index >= 15 is 0 Å². The molecule has 6 heteroatoms. The van der Waals surface area contributed by atoms with Crippen molar-refractivity contribution in [2.24, 2.45) is 0 Å². The first-order chi connectivity index (χ1) is 7.43. The number of carbonyl (C=O) groups excluding carboxylic acids is 1. The number of hydrogen-bond acceptors (Lipinski definition) is 4. The molecular weight excluding hydrogens is 207 g/mol. The minimum atomic E-state index is -1.43. The van der Waals surface area contributed by atoms with Crippen LogP contribution in [0.25, 0.3) is 0 Å². The third-order valence-corrected chi connectivity index (χ3v) is 2.88. The molecule has 1 amide bonds. The van der Waals surface area contributed by atoms with E-state index < -0.39 is 13.1 Å². The van der Waals surface area contributed by atoms with Crippen LogP contribution in [-0.4, -0.2) is 52.5 Å². The molecule has 1 saturated heterocycles. The monoisotopic (exact) mass is 228 g/mol. The van der Waals surface area contributed by atoms with Crippen LogP contribution >= 0.6 is 0 Å². The average molecular weight is 228 g/mol. The van der Waals surface area contributed by atoms with Crippen LogP contribution in [0.5, 0.6) is 0 Å². The topological polar surface area (TPSA) is 72.8 Å². The Morgan fingerprint density at radius 3 is 2.56 bits per heavy atom. The number of nitrogens with zero attached hydrogens (tertiary/aromatic N) is 1. The van der Waals surface area contributed by atoms with E-state index in [1.54, 1.807) is 4.90 Å². The first-order valence-corrected chi connectivity index (χ1v) is 5.86. The highest BCUT2D eigenvalue weighted by Gasteiger charge is 2.38. The van der Waals surface area contributed by atoms with Gasteiger partial charge in [-0.2, -0.15) is 0 Å². The van der Waals surface area contributed by atoms with Gasteiger partial charge < -0.3 is 20.3 Å². The summed E-state index contributed by atoms with van der Waals surface area (Å²) in [6.07, 6.45) is 1.50. The molecule has 0 bridgehead atoms. The molecule has 0 saturated carbocycles. The number of hydrogen-bond donors (Lipinski definition) is 3. The van der Waals surface area contributed by atoms with Crippen molar-refractivity contribution in [3.05, 3.63) is 0 Å². The van der Waals surface area contributed by atoms with Gasteiger partial charge in [0.1, 0.15) is 0 Å². The third-order valence-electron chi connectivity index (χ3n) is 2.88. The Labute approximate surface area is 97.0 Å². The molecule has 3 N–H and O–H groups in total. The zero-order valence-electron chi connectivity index (χ0n) is 10.2. The summed E-state index contributed by atoms with van der Waals surface area (Å²) in [5.74, 6) is -0.492. The summed E-state index contributed by atoms with van der Waals surface area (Å²) in [6.45, 7) is 6.38. The summed E-state index contributed by atoms with van der Waals surface area (Å²) in [5, 5.41) is 21.5. The second-order valence-corrected chi connectivity index (χ2v) is 4.70. The van der Waals surface area contributed by atoms with Crippen molar-refractivity contribution in [1.82, 2.24) is 10.2 Å². The van der Waals surface area contributed by atoms with Gasteiger partial charge >= 0.3 is 7.12 Å². The fourth-order valence-electron chi connectivity index (χ4n) is 2.20. The Kier molecular flexibility index (Phi) is 4.77. The maximum atomic E-state index is 12.0. The number of rotatable bonds is 4. The summed E-state index contributed by atoms with van der Waals surface area (Å²) < 4.78 is 0. The molecule has 0 aromatic heterocycles. The SMILES string of the molecule is CC(C)N[C@H](C)C(=O)N1CCCC1B(O)O. The Balaban J connectivity index is 2.58. The van der Waals surface area contributed by atoms with Crippen LogP contribution in [0.15, 0.2) is 0 Å². The molecule has 1 rings (SSSR count). The van der Waals surface area contributed by atoms with Crippen molar-refractivity contribution >= 4 is 13.0 Å². The lowest BCUT2D eigenvalue weighted by atomic mass is 9.78. The molecule has 5 nitrogen and oxygen atoms in total. The molecule has 1 aliphatic rings. The van der Waals surface area contributed by atoms with Gasteiger partial charge in [-0.3, -0.25) is 4.79 Å². The molecule has 92 valence electrons. The maximum absolute atomic E-state index is 12.0. The zero-order valence-corrected chi connectivity index (χ0v) is 10.2. The largest absolute Gasteiger partial charge is 0.475 e. The van der Waals surface area contributed by atoms with Crippen LogP contribution in [-0.2, 0) is 4.79 Å². The van der Waals surface area contributed by atoms with E-state index in [2.05, 4.69) is 5.32 Å². The molecule has 0 aliphatic carbocycles. The molecule has 0 spiro atoms. The van der Waals surface area contributed by atoms with Gasteiger partial charge in [0.15, 0.2) is 0 Å². The highest BCUT2D eigenvalue weighted by Crippen LogP contribution is 2.19. The van der Waals surface area contributed by atoms with Crippen LogP contribution in [0.4, 0.5) is 0 Å². The number of nitrogens with one attached hydrogen (secondary N) is 1. The summed E-state index contributed by atoms with van der Waals surface area (Å²) in [4.78, 5) is 13.6. The standard InChI is InChI=1S/C10H21BN2O3/c1-7(2)12-8(3)10(14)13-6-4-5-9(13)11(15)16/h7-9,12,15-16H,4-6H2,1-3H3/t8-,9?/m1/s1. The summed E-state index contributed by atoms with van der Waals surface area (Å²) in [6, 6.07) is -0.0431. The van der Waals surface area contributed by atoms with Gasteiger partial charge in [-0.15, -0.1) is 0 Å². The molecule has 0 radical (unpaired) electrons. The Morgan fingerprint density at radius 2 is 2.06 bits per heavy atom. The fraction of sp³-hybridized carbons (Fsp3) is 0.900. The van der Waals surface area contributed by atoms with Gasteiger partial charge in [0, 0.05) is 12.6 Å². The van der Waals surface area contributed by atoms with E-state index in [0.717, 1.165) is 6.42 Å². The van der Waals surface area contributed by atoms with Crippen molar-refractivity contribution in [2.45, 2.75) is 51.6 Å². The predicted octanol–water partition coefficient (Wildman–Crippen LogP) is -0.624. The molecule has 1 heterocycles. The van der Waals surface area contributed by atoms with Crippen molar-refractivity contribution in [1.29, 1.82) is 0 Å². The molecule has 2 atom stereocenters. The van der Waals surface area contributed by atoms with Gasteiger partial charge in [-0.05, 0) is 19.8 Å². The van der Waals surface area contributed by atoms with Gasteiger partial charge in [0.2, 0.25) is 5.91 Å². The van der Waals surface area contributed by atoms with E-state index in [1.807, 2.05) is 20.8 Å². The average Bonchev–Trinajstić information content (AvgIpc) is 2.63. The maximum Gasteiger partial charge on any atom is 0.475 e. The number of amides is 1. The molecular formula is C10H21BN2O3. The van der Waals surface area contributed by atoms with Crippen LogP contribution in [0.3, 0.4) is 0 Å². The summed E-state index contributed by atoms with van der Waals surface area (Å²) >= 11 is 0. The number of carbonyl (C=O) groups is 1. The molecule has 1 aliphatic heterocycles. The van der Waals surface area contributed by atoms with Crippen LogP contribution in [0.2, 0.25) is 0 Å². The first-order valence-electron chi connectivity index (χ1n) is 5.86. The summed E-state index contributed by atoms with van der Waals surface area (Å²) in [5.41, 5.74) is 0. The van der Waals surface area contributed by atoms with Gasteiger partial charge in [0.25, 0.3) is 0 Å². The van der Waals surface area contributed by atoms with Gasteiger partial charge in [0.05, 0.1) is 12.0 Å². The van der Waals surface area contributed by atoms with E-state index in [1.165, 1.54) is 0 Å². The highest BCUT2D eigenvalue weighted by atomic mass is 16.4.